The molecule has 1 heterocycles. The number of carbonyl (C=O) groups excluding carboxylic acids is 2. The second-order valence-electron chi connectivity index (χ2n) is 6.44. The number of hydrogen-bond acceptors (Lipinski definition) is 4. The van der Waals surface area contributed by atoms with Crippen LogP contribution in [0.25, 0.3) is 6.08 Å². The highest BCUT2D eigenvalue weighted by Gasteiger charge is 2.28. The lowest BCUT2D eigenvalue weighted by Crippen LogP contribution is -2.33. The Balaban J connectivity index is 1.77. The Hall–Kier alpha value is -2.93. The number of rotatable bonds is 4. The van der Waals surface area contributed by atoms with E-state index in [-0.39, 0.29) is 29.2 Å². The van der Waals surface area contributed by atoms with Crippen molar-refractivity contribution in [3.63, 3.8) is 0 Å². The summed E-state index contributed by atoms with van der Waals surface area (Å²) in [4.78, 5) is 26.3. The number of sulfone groups is 1. The van der Waals surface area contributed by atoms with Gasteiger partial charge >= 0.3 is 0 Å². The molecule has 0 radical (unpaired) electrons. The van der Waals surface area contributed by atoms with Crippen LogP contribution in [-0.2, 0) is 19.4 Å². The summed E-state index contributed by atoms with van der Waals surface area (Å²) in [5.41, 5.74) is 2.39. The van der Waals surface area contributed by atoms with Gasteiger partial charge in [-0.3, -0.25) is 9.59 Å². The van der Waals surface area contributed by atoms with E-state index in [0.29, 0.717) is 5.69 Å². The zero-order valence-electron chi connectivity index (χ0n) is 15.0. The molecule has 0 aromatic heterocycles. The lowest BCUT2D eigenvalue weighted by atomic mass is 9.93. The minimum atomic E-state index is -3.29. The molecule has 2 aromatic carbocycles. The third-order valence-electron chi connectivity index (χ3n) is 4.41. The molecule has 2 amide bonds. The third-order valence-corrected chi connectivity index (χ3v) is 5.54. The average molecular weight is 384 g/mol. The molecule has 0 saturated heterocycles. The predicted molar refractivity (Wildman–Crippen MR) is 104 cm³/mol. The second-order valence-corrected chi connectivity index (χ2v) is 8.45. The van der Waals surface area contributed by atoms with Crippen LogP contribution in [0.2, 0.25) is 0 Å². The quantitative estimate of drug-likeness (QED) is 0.878. The summed E-state index contributed by atoms with van der Waals surface area (Å²) in [7, 11) is -3.29. The smallest absolute Gasteiger partial charge is 0.226 e. The van der Waals surface area contributed by atoms with E-state index in [2.05, 4.69) is 5.32 Å². The van der Waals surface area contributed by atoms with Gasteiger partial charge in [0.25, 0.3) is 0 Å². The Kier molecular flexibility index (Phi) is 5.14. The molecule has 1 aliphatic heterocycles. The van der Waals surface area contributed by atoms with Crippen LogP contribution in [0.1, 0.15) is 30.5 Å². The minimum absolute atomic E-state index is 0.0920. The average Bonchev–Trinajstić information content (AvgIpc) is 2.61. The molecule has 1 atom stereocenters. The predicted octanol–water partition coefficient (Wildman–Crippen LogP) is 2.99. The fraction of sp³-hybridized carbons (Fsp3) is 0.200. The van der Waals surface area contributed by atoms with Gasteiger partial charge < -0.3 is 10.2 Å². The summed E-state index contributed by atoms with van der Waals surface area (Å²) >= 11 is 0. The van der Waals surface area contributed by atoms with Crippen LogP contribution in [0.4, 0.5) is 5.69 Å². The van der Waals surface area contributed by atoms with Gasteiger partial charge in [0, 0.05) is 25.1 Å². The summed E-state index contributed by atoms with van der Waals surface area (Å²) in [6.07, 6.45) is 4.78. The molecule has 1 aliphatic rings. The van der Waals surface area contributed by atoms with E-state index in [1.807, 2.05) is 30.3 Å². The highest BCUT2D eigenvalue weighted by Crippen LogP contribution is 2.33. The third kappa shape index (κ3) is 4.25. The Morgan fingerprint density at radius 1 is 1.07 bits per heavy atom. The molecule has 0 aliphatic carbocycles. The first-order valence-corrected chi connectivity index (χ1v) is 10.3. The number of nitrogens with one attached hydrogen (secondary N) is 1. The summed E-state index contributed by atoms with van der Waals surface area (Å²) < 4.78 is 23.0. The van der Waals surface area contributed by atoms with Crippen molar-refractivity contribution < 1.29 is 18.0 Å². The molecule has 1 N–H and O–H groups in total. The first-order chi connectivity index (χ1) is 12.8. The van der Waals surface area contributed by atoms with Gasteiger partial charge in [0.15, 0.2) is 9.84 Å². The molecule has 140 valence electrons. The number of hydrogen-bond donors (Lipinski definition) is 1. The molecular formula is C20H20N2O4S. The van der Waals surface area contributed by atoms with E-state index in [1.165, 1.54) is 19.1 Å². The molecule has 0 bridgehead atoms. The molecule has 7 heteroatoms. The largest absolute Gasteiger partial charge is 0.326 e. The second kappa shape index (κ2) is 7.36. The lowest BCUT2D eigenvalue weighted by molar-refractivity contribution is -0.129. The number of fused-ring (bicyclic) bond motifs is 1. The van der Waals surface area contributed by atoms with Crippen molar-refractivity contribution in [2.75, 3.05) is 11.6 Å². The molecule has 0 saturated carbocycles. The number of amides is 2. The maximum absolute atomic E-state index is 12.5. The summed E-state index contributed by atoms with van der Waals surface area (Å²) in [6.45, 7) is 1.47. The van der Waals surface area contributed by atoms with Gasteiger partial charge in [-0.15, -0.1) is 0 Å². The van der Waals surface area contributed by atoms with E-state index in [0.717, 1.165) is 17.4 Å². The van der Waals surface area contributed by atoms with Gasteiger partial charge in [-0.05, 0) is 41.5 Å². The van der Waals surface area contributed by atoms with Crippen molar-refractivity contribution in [2.24, 2.45) is 0 Å². The van der Waals surface area contributed by atoms with E-state index in [9.17, 15) is 18.0 Å². The molecule has 27 heavy (non-hydrogen) atoms. The molecule has 0 fully saturated rings. The zero-order valence-corrected chi connectivity index (χ0v) is 15.9. The van der Waals surface area contributed by atoms with Gasteiger partial charge in [0.1, 0.15) is 0 Å². The zero-order chi connectivity index (χ0) is 19.6. The number of nitrogens with zero attached hydrogens (tertiary/aromatic N) is 1. The van der Waals surface area contributed by atoms with Gasteiger partial charge in [0.2, 0.25) is 11.8 Å². The van der Waals surface area contributed by atoms with Crippen molar-refractivity contribution in [1.29, 1.82) is 0 Å². The van der Waals surface area contributed by atoms with Crippen molar-refractivity contribution in [3.05, 3.63) is 65.9 Å². The van der Waals surface area contributed by atoms with E-state index in [1.54, 1.807) is 23.2 Å². The molecular weight excluding hydrogens is 364 g/mol. The Bertz CT molecular complexity index is 1010. The molecule has 0 unspecified atom stereocenters. The summed E-state index contributed by atoms with van der Waals surface area (Å²) in [5, 5.41) is 2.76. The van der Waals surface area contributed by atoms with Crippen LogP contribution in [0, 0.1) is 0 Å². The minimum Gasteiger partial charge on any atom is -0.326 e. The maximum atomic E-state index is 12.5. The fourth-order valence-electron chi connectivity index (χ4n) is 3.09. The first kappa shape index (κ1) is 18.8. The lowest BCUT2D eigenvalue weighted by Gasteiger charge is -2.32. The molecule has 0 spiro atoms. The Morgan fingerprint density at radius 3 is 2.37 bits per heavy atom. The van der Waals surface area contributed by atoms with Crippen LogP contribution in [0.15, 0.2) is 59.6 Å². The van der Waals surface area contributed by atoms with Gasteiger partial charge in [-0.25, -0.2) is 8.42 Å². The fourth-order valence-corrected chi connectivity index (χ4v) is 3.72. The van der Waals surface area contributed by atoms with Gasteiger partial charge in [-0.2, -0.15) is 0 Å². The normalized spacial score (nSPS) is 15.9. The van der Waals surface area contributed by atoms with Crippen molar-refractivity contribution >= 4 is 33.4 Å². The Morgan fingerprint density at radius 2 is 1.74 bits per heavy atom. The van der Waals surface area contributed by atoms with Crippen LogP contribution < -0.4 is 5.32 Å². The van der Waals surface area contributed by atoms with Gasteiger partial charge in [-0.1, -0.05) is 24.3 Å². The van der Waals surface area contributed by atoms with Crippen LogP contribution in [-0.4, -0.2) is 31.4 Å². The summed E-state index contributed by atoms with van der Waals surface area (Å²) in [6, 6.07) is 13.2. The molecule has 3 rings (SSSR count). The van der Waals surface area contributed by atoms with Crippen LogP contribution >= 0.6 is 0 Å². The van der Waals surface area contributed by atoms with Crippen LogP contribution in [0.3, 0.4) is 0 Å². The first-order valence-electron chi connectivity index (χ1n) is 8.42. The summed E-state index contributed by atoms with van der Waals surface area (Å²) in [5.74, 6) is -0.403. The maximum Gasteiger partial charge on any atom is 0.226 e. The van der Waals surface area contributed by atoms with Gasteiger partial charge in [0.05, 0.1) is 17.4 Å². The van der Waals surface area contributed by atoms with E-state index >= 15 is 0 Å². The molecule has 6 nitrogen and oxygen atoms in total. The SMILES string of the molecule is CC(=O)N1C=Cc2ccccc2[C@@H]1CC(=O)Nc1ccc(S(C)(=O)=O)cc1. The standard InChI is InChI=1S/C20H20N2O4S/c1-14(23)22-12-11-15-5-3-4-6-18(15)19(22)13-20(24)21-16-7-9-17(10-8-16)27(2,25)26/h3-12,19H,13H2,1-2H3,(H,21,24)/t19-/m0/s1. The molecule has 2 aromatic rings. The highest BCUT2D eigenvalue weighted by molar-refractivity contribution is 7.90. The number of benzene rings is 2. The van der Waals surface area contributed by atoms with E-state index < -0.39 is 9.84 Å². The number of anilines is 1. The van der Waals surface area contributed by atoms with Crippen molar-refractivity contribution in [2.45, 2.75) is 24.3 Å². The van der Waals surface area contributed by atoms with Crippen molar-refractivity contribution in [1.82, 2.24) is 4.90 Å². The van der Waals surface area contributed by atoms with E-state index in [4.69, 9.17) is 0 Å². The van der Waals surface area contributed by atoms with Crippen molar-refractivity contribution in [3.8, 4) is 0 Å². The Labute approximate surface area is 158 Å². The van der Waals surface area contributed by atoms with Crippen LogP contribution in [0.5, 0.6) is 0 Å². The topological polar surface area (TPSA) is 83.6 Å². The number of carbonyl (C=O) groups is 2. The highest BCUT2D eigenvalue weighted by atomic mass is 32.2. The monoisotopic (exact) mass is 384 g/mol.